The molecule has 78 heavy (non-hydrogen) atoms. The van der Waals surface area contributed by atoms with Crippen molar-refractivity contribution >= 4 is 53.1 Å². The molecule has 14 heteroatoms. The van der Waals surface area contributed by atoms with Crippen LogP contribution < -0.4 is 21.3 Å². The normalized spacial score (nSPS) is 13.1. The first-order valence-corrected chi connectivity index (χ1v) is 28.0. The fourth-order valence-corrected chi connectivity index (χ4v) is 12.3. The Labute approximate surface area is 466 Å². The molecular weight excluding hydrogens is 1010 g/mol. The molecule has 0 radical (unpaired) electrons. The second-order valence-corrected chi connectivity index (χ2v) is 21.5. The van der Waals surface area contributed by atoms with Crippen LogP contribution in [-0.2, 0) is 44.6 Å². The molecule has 12 nitrogen and oxygen atoms in total. The van der Waals surface area contributed by atoms with E-state index in [1.165, 1.54) is 18.9 Å². The van der Waals surface area contributed by atoms with Gasteiger partial charge < -0.3 is 31.1 Å². The van der Waals surface area contributed by atoms with Crippen LogP contribution in [-0.4, -0.2) is 89.1 Å². The second kappa shape index (κ2) is 29.1. The summed E-state index contributed by atoms with van der Waals surface area (Å²) in [4.78, 5) is 73.7. The Balaban J connectivity index is 1.12. The zero-order valence-corrected chi connectivity index (χ0v) is 45.7. The average molecular weight is 1080 g/mol. The molecule has 4 atom stereocenters. The van der Waals surface area contributed by atoms with Crippen molar-refractivity contribution in [1.82, 2.24) is 26.3 Å². The molecule has 1 aromatic heterocycles. The predicted molar refractivity (Wildman–Crippen MR) is 311 cm³/mol. The Morgan fingerprint density at radius 3 is 1.42 bits per heavy atom. The monoisotopic (exact) mass is 1080 g/mol. The molecule has 7 aromatic rings. The third-order valence-corrected chi connectivity index (χ3v) is 16.4. The number of aliphatic hydroxyl groups excluding tert-OH is 1. The summed E-state index contributed by atoms with van der Waals surface area (Å²) in [5, 5.41) is 22.5. The van der Waals surface area contributed by atoms with E-state index in [-0.39, 0.29) is 18.6 Å². The van der Waals surface area contributed by atoms with Crippen LogP contribution in [0, 0.1) is 5.92 Å². The third kappa shape index (κ3) is 15.2. The van der Waals surface area contributed by atoms with Gasteiger partial charge in [0, 0.05) is 24.1 Å². The van der Waals surface area contributed by atoms with E-state index < -0.39 is 75.8 Å². The van der Waals surface area contributed by atoms with Crippen LogP contribution in [0.5, 0.6) is 0 Å². The number of carbonyl (C=O) groups is 5. The summed E-state index contributed by atoms with van der Waals surface area (Å²) in [7, 11) is 1.21. The van der Waals surface area contributed by atoms with Gasteiger partial charge in [-0.05, 0) is 63.6 Å². The minimum atomic E-state index is -1.29. The van der Waals surface area contributed by atoms with Gasteiger partial charge in [-0.25, -0.2) is 0 Å². The summed E-state index contributed by atoms with van der Waals surface area (Å²) in [6.07, 6.45) is 4.09. The summed E-state index contributed by atoms with van der Waals surface area (Å²) in [5.74, 6) is -2.98. The number of aliphatic hydroxyl groups is 1. The zero-order valence-electron chi connectivity index (χ0n) is 44.1. The smallest absolute Gasteiger partial charge is 0.325 e. The highest BCUT2D eigenvalue weighted by molar-refractivity contribution is 8.00. The molecule has 5 N–H and O–H groups in total. The number of rotatable bonds is 27. The van der Waals surface area contributed by atoms with Crippen molar-refractivity contribution in [3.8, 4) is 0 Å². The number of ether oxygens (including phenoxy) is 1. The minimum Gasteiger partial charge on any atom is -0.468 e. The number of amides is 4. The van der Waals surface area contributed by atoms with E-state index in [1.54, 1.807) is 56.1 Å². The van der Waals surface area contributed by atoms with Crippen LogP contribution in [0.3, 0.4) is 0 Å². The van der Waals surface area contributed by atoms with Gasteiger partial charge in [0.05, 0.1) is 29.1 Å². The maximum Gasteiger partial charge on any atom is 0.325 e. The number of benzene rings is 6. The van der Waals surface area contributed by atoms with Crippen molar-refractivity contribution in [2.75, 3.05) is 25.2 Å². The average Bonchev–Trinajstić information content (AvgIpc) is 3.50. The van der Waals surface area contributed by atoms with Gasteiger partial charge in [0.2, 0.25) is 23.6 Å². The molecule has 402 valence electrons. The number of allylic oxidation sites excluding steroid dienone is 1. The Kier molecular flexibility index (Phi) is 21.6. The molecule has 0 saturated carbocycles. The lowest BCUT2D eigenvalue weighted by atomic mass is 9.84. The van der Waals surface area contributed by atoms with E-state index >= 15 is 0 Å². The summed E-state index contributed by atoms with van der Waals surface area (Å²) in [6.45, 7) is 3.10. The number of thioether (sulfide) groups is 2. The van der Waals surface area contributed by atoms with Gasteiger partial charge in [-0.3, -0.25) is 29.0 Å². The van der Waals surface area contributed by atoms with Gasteiger partial charge in [0.1, 0.15) is 24.7 Å². The molecule has 4 amide bonds. The maximum absolute atomic E-state index is 14.9. The van der Waals surface area contributed by atoms with Crippen molar-refractivity contribution in [2.24, 2.45) is 5.92 Å². The van der Waals surface area contributed by atoms with E-state index in [0.29, 0.717) is 17.9 Å². The van der Waals surface area contributed by atoms with Crippen molar-refractivity contribution < 1.29 is 33.8 Å². The first kappa shape index (κ1) is 57.9. The second-order valence-electron chi connectivity index (χ2n) is 18.9. The lowest BCUT2D eigenvalue weighted by Crippen LogP contribution is -2.59. The quantitative estimate of drug-likeness (QED) is 0.0145. The molecular formula is C64H67N5O7S2. The summed E-state index contributed by atoms with van der Waals surface area (Å²) in [6, 6.07) is 62.5. The Bertz CT molecular complexity index is 2820. The van der Waals surface area contributed by atoms with Crippen LogP contribution in [0.1, 0.15) is 65.8 Å². The fraction of sp³-hybridized carbons (Fsp3) is 0.250. The highest BCUT2D eigenvalue weighted by Crippen LogP contribution is 2.50. The SMILES string of the molecule is COC(=O)CNC(=O)[C@H](NC(=O)[C@@H](CSC(c1ccccc1)(c1ccccc1)c1ccccc1)NC(=O)[C@@H](Cc1ccccn1)NC(=O)C[C@H](O)C=CCCSC(c1ccccc1)(c1ccccc1)c1ccccc1)C(C)C. The van der Waals surface area contributed by atoms with Crippen LogP contribution in [0.15, 0.2) is 219 Å². The highest BCUT2D eigenvalue weighted by atomic mass is 32.2. The number of hydrogen-bond acceptors (Lipinski definition) is 10. The van der Waals surface area contributed by atoms with E-state index in [9.17, 15) is 29.1 Å². The number of carbonyl (C=O) groups excluding carboxylic acids is 5. The number of esters is 1. The van der Waals surface area contributed by atoms with Gasteiger partial charge >= 0.3 is 5.97 Å². The minimum absolute atomic E-state index is 0.0138. The van der Waals surface area contributed by atoms with Gasteiger partial charge in [0.25, 0.3) is 0 Å². The Hall–Kier alpha value is -7.78. The van der Waals surface area contributed by atoms with E-state index in [2.05, 4.69) is 99.0 Å². The standard InChI is InChI=1S/C64H67N5O7S2/c1-46(2)59(62(75)66-44-58(72)76-3)69-61(74)56(45-78-64(50-32-16-7-17-33-50,51-34-18-8-19-35-51)52-36-20-9-21-37-52)68-60(73)55(42-53-38-22-24-40-65-53)67-57(71)43-54(70)39-23-25-41-77-63(47-26-10-4-11-27-47,48-28-12-5-13-29-48)49-30-14-6-15-31-49/h4-24,26-40,46,54-56,59,70H,25,41-45H2,1-3H3,(H,66,75)(H,67,71)(H,68,73)(H,69,74)/t54-,55-,56-,59-/m1/s1. The lowest BCUT2D eigenvalue weighted by Gasteiger charge is -2.37. The van der Waals surface area contributed by atoms with Gasteiger partial charge in [-0.15, -0.1) is 23.5 Å². The van der Waals surface area contributed by atoms with E-state index in [4.69, 9.17) is 4.74 Å². The largest absolute Gasteiger partial charge is 0.468 e. The molecule has 0 aliphatic carbocycles. The Morgan fingerprint density at radius 2 is 1.00 bits per heavy atom. The maximum atomic E-state index is 14.9. The molecule has 7 rings (SSSR count). The molecule has 0 saturated heterocycles. The zero-order chi connectivity index (χ0) is 55.2. The first-order valence-electron chi connectivity index (χ1n) is 26.0. The predicted octanol–water partition coefficient (Wildman–Crippen LogP) is 9.17. The summed E-state index contributed by atoms with van der Waals surface area (Å²) >= 11 is 3.23. The van der Waals surface area contributed by atoms with Crippen molar-refractivity contribution in [2.45, 2.75) is 66.8 Å². The Morgan fingerprint density at radius 1 is 0.564 bits per heavy atom. The van der Waals surface area contributed by atoms with Crippen molar-refractivity contribution in [3.63, 3.8) is 0 Å². The molecule has 0 aliphatic heterocycles. The molecule has 0 unspecified atom stereocenters. The van der Waals surface area contributed by atoms with Crippen LogP contribution in [0.2, 0.25) is 0 Å². The lowest BCUT2D eigenvalue weighted by molar-refractivity contribution is -0.141. The molecule has 6 aromatic carbocycles. The third-order valence-electron chi connectivity index (χ3n) is 13.2. The molecule has 0 aliphatic rings. The van der Waals surface area contributed by atoms with Crippen LogP contribution in [0.25, 0.3) is 0 Å². The molecule has 0 spiro atoms. The highest BCUT2D eigenvalue weighted by Gasteiger charge is 2.40. The molecule has 0 bridgehead atoms. The molecule has 1 heterocycles. The van der Waals surface area contributed by atoms with E-state index in [1.807, 2.05) is 115 Å². The van der Waals surface area contributed by atoms with Crippen LogP contribution in [0.4, 0.5) is 0 Å². The van der Waals surface area contributed by atoms with E-state index in [0.717, 1.165) is 33.4 Å². The number of methoxy groups -OCH3 is 1. The van der Waals surface area contributed by atoms with Crippen molar-refractivity contribution in [3.05, 3.63) is 258 Å². The number of nitrogens with zero attached hydrogens (tertiary/aromatic N) is 1. The number of hydrogen-bond donors (Lipinski definition) is 5. The van der Waals surface area contributed by atoms with Gasteiger partial charge in [-0.2, -0.15) is 0 Å². The number of aromatic nitrogens is 1. The molecule has 0 fully saturated rings. The van der Waals surface area contributed by atoms with Gasteiger partial charge in [-0.1, -0.05) is 214 Å². The fourth-order valence-electron chi connectivity index (χ4n) is 9.31. The number of pyridine rings is 1. The van der Waals surface area contributed by atoms with Gasteiger partial charge in [0.15, 0.2) is 0 Å². The topological polar surface area (TPSA) is 176 Å². The first-order chi connectivity index (χ1) is 37.9. The van der Waals surface area contributed by atoms with Crippen LogP contribution >= 0.6 is 23.5 Å². The summed E-state index contributed by atoms with van der Waals surface area (Å²) in [5.41, 5.74) is 6.69. The van der Waals surface area contributed by atoms with Crippen molar-refractivity contribution in [1.29, 1.82) is 0 Å². The summed E-state index contributed by atoms with van der Waals surface area (Å²) < 4.78 is 3.31. The number of nitrogens with one attached hydrogen (secondary N) is 4.